The molecule has 0 saturated carbocycles. The van der Waals surface area contributed by atoms with Crippen LogP contribution in [0.5, 0.6) is 0 Å². The number of aromatic nitrogens is 4. The fraction of sp³-hybridized carbons (Fsp3) is 0.190. The zero-order valence-electron chi connectivity index (χ0n) is 17.3. The van der Waals surface area contributed by atoms with Crippen LogP contribution in [-0.2, 0) is 14.8 Å². The number of hydrogen-bond donors (Lipinski definition) is 3. The highest BCUT2D eigenvalue weighted by atomic mass is 32.2. The van der Waals surface area contributed by atoms with E-state index in [-0.39, 0.29) is 16.7 Å². The van der Waals surface area contributed by atoms with Gasteiger partial charge in [0.1, 0.15) is 17.3 Å². The van der Waals surface area contributed by atoms with Crippen LogP contribution < -0.4 is 11.1 Å². The van der Waals surface area contributed by atoms with E-state index in [2.05, 4.69) is 25.5 Å². The van der Waals surface area contributed by atoms with Crippen molar-refractivity contribution in [3.05, 3.63) is 54.5 Å². The van der Waals surface area contributed by atoms with Crippen LogP contribution >= 0.6 is 0 Å². The molecule has 2 aromatic heterocycles. The SMILES string of the molecule is Nc1nc(Nc2cccc(S(=O)(=O)N3CCOCC3)c2)ncc1-c1n[nH]c2ccc(F)cc12. The minimum absolute atomic E-state index is 0.141. The van der Waals surface area contributed by atoms with Gasteiger partial charge in [-0.2, -0.15) is 14.4 Å². The number of halogens is 1. The first-order valence-corrected chi connectivity index (χ1v) is 11.6. The number of morpholine rings is 1. The number of sulfonamides is 1. The van der Waals surface area contributed by atoms with Gasteiger partial charge in [-0.1, -0.05) is 6.07 Å². The van der Waals surface area contributed by atoms with Crippen LogP contribution in [-0.4, -0.2) is 59.2 Å². The van der Waals surface area contributed by atoms with Gasteiger partial charge in [0.15, 0.2) is 0 Å². The maximum atomic E-state index is 13.7. The fourth-order valence-corrected chi connectivity index (χ4v) is 5.08. The number of aromatic amines is 1. The number of nitrogens with two attached hydrogens (primary N) is 1. The number of nitrogen functional groups attached to an aromatic ring is 1. The number of fused-ring (bicyclic) bond motifs is 1. The number of H-pyrrole nitrogens is 1. The Balaban J connectivity index is 1.41. The van der Waals surface area contributed by atoms with Gasteiger partial charge in [0.25, 0.3) is 0 Å². The summed E-state index contributed by atoms with van der Waals surface area (Å²) in [5.41, 5.74) is 8.17. The van der Waals surface area contributed by atoms with Gasteiger partial charge in [0, 0.05) is 30.4 Å². The van der Waals surface area contributed by atoms with Crippen LogP contribution in [0.1, 0.15) is 0 Å². The van der Waals surface area contributed by atoms with Crippen LogP contribution in [0.3, 0.4) is 0 Å². The first-order chi connectivity index (χ1) is 15.9. The van der Waals surface area contributed by atoms with Crippen molar-refractivity contribution in [2.24, 2.45) is 0 Å². The van der Waals surface area contributed by atoms with Gasteiger partial charge in [-0.3, -0.25) is 5.10 Å². The Kier molecular flexibility index (Phi) is 5.40. The van der Waals surface area contributed by atoms with Crippen LogP contribution in [0.2, 0.25) is 0 Å². The molecule has 4 N–H and O–H groups in total. The number of hydrogen-bond acceptors (Lipinski definition) is 8. The summed E-state index contributed by atoms with van der Waals surface area (Å²) < 4.78 is 46.1. The fourth-order valence-electron chi connectivity index (χ4n) is 3.63. The molecule has 33 heavy (non-hydrogen) atoms. The molecule has 0 spiro atoms. The zero-order chi connectivity index (χ0) is 23.0. The molecule has 1 aliphatic rings. The third kappa shape index (κ3) is 4.11. The highest BCUT2D eigenvalue weighted by molar-refractivity contribution is 7.89. The van der Waals surface area contributed by atoms with Gasteiger partial charge in [0.2, 0.25) is 16.0 Å². The lowest BCUT2D eigenvalue weighted by atomic mass is 10.1. The molecule has 0 aliphatic carbocycles. The Bertz CT molecular complexity index is 1440. The Morgan fingerprint density at radius 3 is 2.76 bits per heavy atom. The lowest BCUT2D eigenvalue weighted by Gasteiger charge is -2.26. The summed E-state index contributed by atoms with van der Waals surface area (Å²) in [4.78, 5) is 8.70. The van der Waals surface area contributed by atoms with Gasteiger partial charge in [-0.05, 0) is 36.4 Å². The predicted molar refractivity (Wildman–Crippen MR) is 121 cm³/mol. The highest BCUT2D eigenvalue weighted by Crippen LogP contribution is 2.30. The zero-order valence-corrected chi connectivity index (χ0v) is 18.1. The third-order valence-corrected chi connectivity index (χ3v) is 7.19. The molecule has 170 valence electrons. The van der Waals surface area contributed by atoms with Gasteiger partial charge >= 0.3 is 0 Å². The van der Waals surface area contributed by atoms with Crippen molar-refractivity contribution in [3.8, 4) is 11.3 Å². The number of benzene rings is 2. The molecule has 0 amide bonds. The molecule has 0 unspecified atom stereocenters. The largest absolute Gasteiger partial charge is 0.383 e. The van der Waals surface area contributed by atoms with Crippen molar-refractivity contribution in [1.29, 1.82) is 0 Å². The number of anilines is 3. The average Bonchev–Trinajstić information content (AvgIpc) is 3.23. The number of nitrogens with one attached hydrogen (secondary N) is 2. The molecule has 1 fully saturated rings. The molecule has 0 bridgehead atoms. The van der Waals surface area contributed by atoms with E-state index >= 15 is 0 Å². The van der Waals surface area contributed by atoms with E-state index in [0.717, 1.165) is 0 Å². The molecule has 1 saturated heterocycles. The normalized spacial score (nSPS) is 15.1. The van der Waals surface area contributed by atoms with Gasteiger partial charge in [0.05, 0.1) is 29.2 Å². The summed E-state index contributed by atoms with van der Waals surface area (Å²) in [6, 6.07) is 10.7. The summed E-state index contributed by atoms with van der Waals surface area (Å²) in [5.74, 6) is -0.0692. The van der Waals surface area contributed by atoms with E-state index in [1.165, 1.54) is 34.8 Å². The van der Waals surface area contributed by atoms with E-state index < -0.39 is 15.8 Å². The number of ether oxygens (including phenoxy) is 1. The first-order valence-electron chi connectivity index (χ1n) is 10.1. The molecule has 1 aliphatic heterocycles. The van der Waals surface area contributed by atoms with E-state index in [9.17, 15) is 12.8 Å². The molecule has 5 rings (SSSR count). The standard InChI is InChI=1S/C21H20FN7O3S/c22-13-4-5-18-16(10-13)19(28-27-18)17-12-24-21(26-20(17)23)25-14-2-1-3-15(11-14)33(30,31)29-6-8-32-9-7-29/h1-5,10-12H,6-9H2,(H,27,28)(H3,23,24,25,26). The summed E-state index contributed by atoms with van der Waals surface area (Å²) >= 11 is 0. The lowest BCUT2D eigenvalue weighted by molar-refractivity contribution is 0.0730. The Morgan fingerprint density at radius 2 is 1.97 bits per heavy atom. The second kappa shape index (κ2) is 8.39. The molecular weight excluding hydrogens is 449 g/mol. The predicted octanol–water partition coefficient (Wildman–Crippen LogP) is 2.51. The topological polar surface area (TPSA) is 139 Å². The minimum Gasteiger partial charge on any atom is -0.383 e. The van der Waals surface area contributed by atoms with E-state index in [1.54, 1.807) is 18.2 Å². The quantitative estimate of drug-likeness (QED) is 0.405. The van der Waals surface area contributed by atoms with E-state index in [1.807, 2.05) is 0 Å². The molecule has 2 aromatic carbocycles. The van der Waals surface area contributed by atoms with E-state index in [0.29, 0.717) is 54.2 Å². The molecule has 0 radical (unpaired) electrons. The second-order valence-corrected chi connectivity index (χ2v) is 9.36. The smallest absolute Gasteiger partial charge is 0.243 e. The highest BCUT2D eigenvalue weighted by Gasteiger charge is 2.26. The first kappa shape index (κ1) is 21.2. The third-order valence-electron chi connectivity index (χ3n) is 5.30. The molecule has 0 atom stereocenters. The maximum absolute atomic E-state index is 13.7. The maximum Gasteiger partial charge on any atom is 0.243 e. The number of rotatable bonds is 5. The molecule has 3 heterocycles. The van der Waals surface area contributed by atoms with Crippen molar-refractivity contribution < 1.29 is 17.5 Å². The average molecular weight is 470 g/mol. The van der Waals surface area contributed by atoms with Gasteiger partial charge in [-0.15, -0.1) is 0 Å². The van der Waals surface area contributed by atoms with E-state index in [4.69, 9.17) is 10.5 Å². The van der Waals surface area contributed by atoms with Crippen molar-refractivity contribution >= 4 is 38.4 Å². The van der Waals surface area contributed by atoms with Crippen molar-refractivity contribution in [2.45, 2.75) is 4.90 Å². The Hall–Kier alpha value is -3.61. The van der Waals surface area contributed by atoms with Crippen LogP contribution in [0, 0.1) is 5.82 Å². The minimum atomic E-state index is -3.64. The lowest BCUT2D eigenvalue weighted by Crippen LogP contribution is -2.40. The van der Waals surface area contributed by atoms with Crippen LogP contribution in [0.15, 0.2) is 53.6 Å². The van der Waals surface area contributed by atoms with Crippen molar-refractivity contribution in [2.75, 3.05) is 37.4 Å². The summed E-state index contributed by atoms with van der Waals surface area (Å²) in [5, 5.41) is 10.6. The Labute approximate surface area is 188 Å². The second-order valence-electron chi connectivity index (χ2n) is 7.42. The molecular formula is C21H20FN7O3S. The molecule has 10 nitrogen and oxygen atoms in total. The van der Waals surface area contributed by atoms with Gasteiger partial charge in [-0.25, -0.2) is 17.8 Å². The van der Waals surface area contributed by atoms with Crippen molar-refractivity contribution in [3.63, 3.8) is 0 Å². The van der Waals surface area contributed by atoms with Crippen LogP contribution in [0.25, 0.3) is 22.2 Å². The van der Waals surface area contributed by atoms with Crippen LogP contribution in [0.4, 0.5) is 21.8 Å². The van der Waals surface area contributed by atoms with Crippen molar-refractivity contribution in [1.82, 2.24) is 24.5 Å². The molecule has 12 heteroatoms. The monoisotopic (exact) mass is 469 g/mol. The van der Waals surface area contributed by atoms with Gasteiger partial charge < -0.3 is 15.8 Å². The summed E-state index contributed by atoms with van der Waals surface area (Å²) in [6.07, 6.45) is 1.49. The molecule has 4 aromatic rings. The summed E-state index contributed by atoms with van der Waals surface area (Å²) in [6.45, 7) is 1.36. The number of nitrogens with zero attached hydrogens (tertiary/aromatic N) is 4. The Morgan fingerprint density at radius 1 is 1.15 bits per heavy atom. The summed E-state index contributed by atoms with van der Waals surface area (Å²) in [7, 11) is -3.64.